The SMILES string of the molecule is COCCN(CCCN(C)C)C(=O)CCCCN. The van der Waals surface area contributed by atoms with Crippen molar-refractivity contribution in [1.82, 2.24) is 9.80 Å². The van der Waals surface area contributed by atoms with E-state index in [-0.39, 0.29) is 5.91 Å². The number of carbonyl (C=O) groups excluding carboxylic acids is 1. The Balaban J connectivity index is 3.98. The van der Waals surface area contributed by atoms with E-state index in [1.807, 2.05) is 19.0 Å². The maximum absolute atomic E-state index is 12.0. The summed E-state index contributed by atoms with van der Waals surface area (Å²) in [6.45, 7) is 3.75. The molecule has 0 saturated carbocycles. The van der Waals surface area contributed by atoms with Crippen molar-refractivity contribution >= 4 is 5.91 Å². The van der Waals surface area contributed by atoms with Gasteiger partial charge in [0.05, 0.1) is 6.61 Å². The zero-order valence-electron chi connectivity index (χ0n) is 12.2. The molecule has 0 aliphatic heterocycles. The van der Waals surface area contributed by atoms with Crippen molar-refractivity contribution in [2.75, 3.05) is 54.0 Å². The van der Waals surface area contributed by atoms with E-state index in [1.165, 1.54) is 0 Å². The molecule has 0 aliphatic carbocycles. The number of ether oxygens (including phenoxy) is 1. The zero-order chi connectivity index (χ0) is 13.8. The maximum atomic E-state index is 12.0. The first-order valence-electron chi connectivity index (χ1n) is 6.73. The Labute approximate surface area is 111 Å². The van der Waals surface area contributed by atoms with Crippen LogP contribution in [0.15, 0.2) is 0 Å². The largest absolute Gasteiger partial charge is 0.383 e. The van der Waals surface area contributed by atoms with Crippen LogP contribution < -0.4 is 5.73 Å². The van der Waals surface area contributed by atoms with Gasteiger partial charge in [0.1, 0.15) is 0 Å². The molecule has 5 heteroatoms. The first-order chi connectivity index (χ1) is 8.61. The molecule has 0 fully saturated rings. The molecule has 108 valence electrons. The molecule has 0 aromatic heterocycles. The van der Waals surface area contributed by atoms with Gasteiger partial charge in [0, 0.05) is 26.6 Å². The number of methoxy groups -OCH3 is 1. The molecule has 0 spiro atoms. The van der Waals surface area contributed by atoms with Crippen LogP contribution in [0.2, 0.25) is 0 Å². The predicted octanol–water partition coefficient (Wildman–Crippen LogP) is 0.542. The van der Waals surface area contributed by atoms with Crippen LogP contribution >= 0.6 is 0 Å². The third-order valence-electron chi connectivity index (χ3n) is 2.80. The van der Waals surface area contributed by atoms with Gasteiger partial charge in [-0.05, 0) is 46.4 Å². The Hall–Kier alpha value is -0.650. The molecule has 2 N–H and O–H groups in total. The second-order valence-electron chi connectivity index (χ2n) is 4.78. The first kappa shape index (κ1) is 17.4. The second kappa shape index (κ2) is 11.4. The quantitative estimate of drug-likeness (QED) is 0.550. The van der Waals surface area contributed by atoms with Crippen LogP contribution in [-0.4, -0.2) is 69.7 Å². The Morgan fingerprint density at radius 1 is 1.11 bits per heavy atom. The van der Waals surface area contributed by atoms with Crippen molar-refractivity contribution < 1.29 is 9.53 Å². The number of unbranched alkanes of at least 4 members (excludes halogenated alkanes) is 1. The molecule has 0 heterocycles. The summed E-state index contributed by atoms with van der Waals surface area (Å²) in [5, 5.41) is 0. The van der Waals surface area contributed by atoms with Gasteiger partial charge in [-0.25, -0.2) is 0 Å². The summed E-state index contributed by atoms with van der Waals surface area (Å²) in [7, 11) is 5.75. The molecule has 0 aliphatic rings. The van der Waals surface area contributed by atoms with Gasteiger partial charge in [-0.3, -0.25) is 4.79 Å². The van der Waals surface area contributed by atoms with Crippen molar-refractivity contribution in [1.29, 1.82) is 0 Å². The van der Waals surface area contributed by atoms with Gasteiger partial charge in [-0.15, -0.1) is 0 Å². The lowest BCUT2D eigenvalue weighted by Gasteiger charge is -2.23. The molecule has 0 unspecified atom stereocenters. The highest BCUT2D eigenvalue weighted by Crippen LogP contribution is 2.02. The monoisotopic (exact) mass is 259 g/mol. The van der Waals surface area contributed by atoms with Gasteiger partial charge in [0.15, 0.2) is 0 Å². The summed E-state index contributed by atoms with van der Waals surface area (Å²) >= 11 is 0. The highest BCUT2D eigenvalue weighted by atomic mass is 16.5. The number of rotatable bonds is 11. The van der Waals surface area contributed by atoms with Gasteiger partial charge in [0.2, 0.25) is 5.91 Å². The average Bonchev–Trinajstić information content (AvgIpc) is 2.33. The molecular weight excluding hydrogens is 230 g/mol. The van der Waals surface area contributed by atoms with Gasteiger partial charge in [0.25, 0.3) is 0 Å². The lowest BCUT2D eigenvalue weighted by molar-refractivity contribution is -0.132. The normalized spacial score (nSPS) is 10.9. The summed E-state index contributed by atoms with van der Waals surface area (Å²) in [6.07, 6.45) is 3.40. The molecule has 0 aromatic rings. The summed E-state index contributed by atoms with van der Waals surface area (Å²) < 4.78 is 5.05. The highest BCUT2D eigenvalue weighted by molar-refractivity contribution is 5.76. The van der Waals surface area contributed by atoms with Crippen molar-refractivity contribution in [3.63, 3.8) is 0 Å². The molecule has 0 bridgehead atoms. The minimum Gasteiger partial charge on any atom is -0.383 e. The highest BCUT2D eigenvalue weighted by Gasteiger charge is 2.12. The minimum absolute atomic E-state index is 0.222. The van der Waals surface area contributed by atoms with E-state index in [2.05, 4.69) is 4.90 Å². The third kappa shape index (κ3) is 9.39. The predicted molar refractivity (Wildman–Crippen MR) is 74.5 cm³/mol. The van der Waals surface area contributed by atoms with Crippen LogP contribution in [-0.2, 0) is 9.53 Å². The van der Waals surface area contributed by atoms with E-state index in [1.54, 1.807) is 7.11 Å². The Morgan fingerprint density at radius 2 is 1.83 bits per heavy atom. The number of carbonyl (C=O) groups is 1. The lowest BCUT2D eigenvalue weighted by Crippen LogP contribution is -2.35. The van der Waals surface area contributed by atoms with Gasteiger partial charge < -0.3 is 20.3 Å². The molecule has 0 saturated heterocycles. The smallest absolute Gasteiger partial charge is 0.222 e. The fourth-order valence-electron chi connectivity index (χ4n) is 1.72. The van der Waals surface area contributed by atoms with Crippen LogP contribution in [0.4, 0.5) is 0 Å². The number of nitrogens with zero attached hydrogens (tertiary/aromatic N) is 2. The van der Waals surface area contributed by atoms with Crippen LogP contribution in [0, 0.1) is 0 Å². The Morgan fingerprint density at radius 3 is 2.39 bits per heavy atom. The van der Waals surface area contributed by atoms with Crippen LogP contribution in [0.5, 0.6) is 0 Å². The van der Waals surface area contributed by atoms with Crippen molar-refractivity contribution in [3.05, 3.63) is 0 Å². The summed E-state index contributed by atoms with van der Waals surface area (Å²) in [5.41, 5.74) is 5.43. The Kier molecular flexibility index (Phi) is 11.0. The molecule has 0 rings (SSSR count). The van der Waals surface area contributed by atoms with Gasteiger partial charge in [-0.2, -0.15) is 0 Å². The average molecular weight is 259 g/mol. The molecule has 5 nitrogen and oxygen atoms in total. The standard InChI is InChI=1S/C13H29N3O2/c1-15(2)9-6-10-16(11-12-18-3)13(17)7-4-5-8-14/h4-12,14H2,1-3H3. The molecule has 0 atom stereocenters. The minimum atomic E-state index is 0.222. The molecular formula is C13H29N3O2. The topological polar surface area (TPSA) is 58.8 Å². The molecule has 0 radical (unpaired) electrons. The maximum Gasteiger partial charge on any atom is 0.222 e. The number of hydrogen-bond donors (Lipinski definition) is 1. The van der Waals surface area contributed by atoms with Crippen LogP contribution in [0.25, 0.3) is 0 Å². The molecule has 18 heavy (non-hydrogen) atoms. The molecule has 0 aromatic carbocycles. The van der Waals surface area contributed by atoms with E-state index in [4.69, 9.17) is 10.5 Å². The van der Waals surface area contributed by atoms with E-state index in [9.17, 15) is 4.79 Å². The van der Waals surface area contributed by atoms with Gasteiger partial charge in [-0.1, -0.05) is 0 Å². The van der Waals surface area contributed by atoms with E-state index < -0.39 is 0 Å². The van der Waals surface area contributed by atoms with Crippen molar-refractivity contribution in [2.24, 2.45) is 5.73 Å². The van der Waals surface area contributed by atoms with Crippen LogP contribution in [0.1, 0.15) is 25.7 Å². The van der Waals surface area contributed by atoms with Crippen molar-refractivity contribution in [3.8, 4) is 0 Å². The number of hydrogen-bond acceptors (Lipinski definition) is 4. The lowest BCUT2D eigenvalue weighted by atomic mass is 10.2. The second-order valence-corrected chi connectivity index (χ2v) is 4.78. The van der Waals surface area contributed by atoms with Gasteiger partial charge >= 0.3 is 0 Å². The first-order valence-corrected chi connectivity index (χ1v) is 6.73. The fourth-order valence-corrected chi connectivity index (χ4v) is 1.72. The summed E-state index contributed by atoms with van der Waals surface area (Å²) in [4.78, 5) is 16.1. The van der Waals surface area contributed by atoms with E-state index in [0.29, 0.717) is 26.1 Å². The summed E-state index contributed by atoms with van der Waals surface area (Å²) in [6, 6.07) is 0. The fraction of sp³-hybridized carbons (Fsp3) is 0.923. The molecule has 1 amide bonds. The number of amides is 1. The van der Waals surface area contributed by atoms with E-state index >= 15 is 0 Å². The zero-order valence-corrected chi connectivity index (χ0v) is 12.2. The third-order valence-corrected chi connectivity index (χ3v) is 2.80. The van der Waals surface area contributed by atoms with Crippen molar-refractivity contribution in [2.45, 2.75) is 25.7 Å². The van der Waals surface area contributed by atoms with E-state index in [0.717, 1.165) is 32.4 Å². The summed E-state index contributed by atoms with van der Waals surface area (Å²) in [5.74, 6) is 0.222. The Bertz CT molecular complexity index is 210. The number of nitrogens with two attached hydrogens (primary N) is 1. The van der Waals surface area contributed by atoms with Crippen LogP contribution in [0.3, 0.4) is 0 Å².